The molecule has 0 amide bonds. The molecule has 0 spiro atoms. The van der Waals surface area contributed by atoms with E-state index in [9.17, 15) is 4.79 Å². The van der Waals surface area contributed by atoms with Crippen LogP contribution in [0.4, 0.5) is 0 Å². The zero-order chi connectivity index (χ0) is 11.3. The van der Waals surface area contributed by atoms with Crippen molar-refractivity contribution >= 4 is 5.97 Å². The van der Waals surface area contributed by atoms with Gasteiger partial charge in [-0.2, -0.15) is 0 Å². The molecule has 1 aromatic carbocycles. The molecule has 0 aliphatic carbocycles. The van der Waals surface area contributed by atoms with E-state index < -0.39 is 11.6 Å². The van der Waals surface area contributed by atoms with Crippen LogP contribution in [0.15, 0.2) is 30.3 Å². The van der Waals surface area contributed by atoms with Crippen LogP contribution in [-0.2, 0) is 16.1 Å². The van der Waals surface area contributed by atoms with Gasteiger partial charge in [0.25, 0.3) is 0 Å². The van der Waals surface area contributed by atoms with Gasteiger partial charge in [0.1, 0.15) is 0 Å². The number of ether oxygens (including phenoxy) is 1. The largest absolute Gasteiger partial charge is 0.479 e. The van der Waals surface area contributed by atoms with E-state index in [4.69, 9.17) is 9.84 Å². The summed E-state index contributed by atoms with van der Waals surface area (Å²) in [5.41, 5.74) is -0.103. The summed E-state index contributed by atoms with van der Waals surface area (Å²) >= 11 is 0. The van der Waals surface area contributed by atoms with Crippen LogP contribution in [0.1, 0.15) is 25.8 Å². The molecule has 82 valence electrons. The van der Waals surface area contributed by atoms with Crippen LogP contribution in [0, 0.1) is 0 Å². The van der Waals surface area contributed by atoms with Crippen LogP contribution < -0.4 is 0 Å². The maximum Gasteiger partial charge on any atom is 0.335 e. The molecule has 1 aromatic rings. The summed E-state index contributed by atoms with van der Waals surface area (Å²) in [7, 11) is 0. The summed E-state index contributed by atoms with van der Waals surface area (Å²) in [5, 5.41) is 8.99. The number of carboxylic acids is 1. The average molecular weight is 208 g/mol. The Bertz CT molecular complexity index is 321. The zero-order valence-corrected chi connectivity index (χ0v) is 9.06. The van der Waals surface area contributed by atoms with Crippen LogP contribution in [0.2, 0.25) is 0 Å². The molecule has 1 N–H and O–H groups in total. The van der Waals surface area contributed by atoms with Crippen LogP contribution in [0.3, 0.4) is 0 Å². The Hall–Kier alpha value is -1.35. The zero-order valence-electron chi connectivity index (χ0n) is 9.06. The summed E-state index contributed by atoms with van der Waals surface area (Å²) < 4.78 is 5.43. The fraction of sp³-hybridized carbons (Fsp3) is 0.417. The van der Waals surface area contributed by atoms with Crippen LogP contribution in [0.25, 0.3) is 0 Å². The Balaban J connectivity index is 2.59. The second kappa shape index (κ2) is 4.94. The molecule has 0 aromatic heterocycles. The minimum atomic E-state index is -1.09. The van der Waals surface area contributed by atoms with Crippen molar-refractivity contribution in [3.05, 3.63) is 35.9 Å². The van der Waals surface area contributed by atoms with E-state index in [1.807, 2.05) is 30.3 Å². The van der Waals surface area contributed by atoms with E-state index in [1.165, 1.54) is 0 Å². The first-order valence-corrected chi connectivity index (χ1v) is 5.00. The molecular weight excluding hydrogens is 192 g/mol. The topological polar surface area (TPSA) is 46.5 Å². The van der Waals surface area contributed by atoms with Crippen molar-refractivity contribution in [1.82, 2.24) is 0 Å². The van der Waals surface area contributed by atoms with Gasteiger partial charge in [0, 0.05) is 0 Å². The summed E-state index contributed by atoms with van der Waals surface area (Å²) in [5.74, 6) is -0.916. The van der Waals surface area contributed by atoms with Crippen LogP contribution in [-0.4, -0.2) is 16.7 Å². The molecule has 0 radical (unpaired) electrons. The molecule has 0 fully saturated rings. The second-order valence-electron chi connectivity index (χ2n) is 3.66. The van der Waals surface area contributed by atoms with Crippen molar-refractivity contribution in [3.63, 3.8) is 0 Å². The Morgan fingerprint density at radius 3 is 2.47 bits per heavy atom. The lowest BCUT2D eigenvalue weighted by Gasteiger charge is -2.23. The molecule has 0 unspecified atom stereocenters. The predicted octanol–water partition coefficient (Wildman–Crippen LogP) is 2.46. The standard InChI is InChI=1S/C12H16O3/c1-3-12(2,11(13)14)15-9-10-7-5-4-6-8-10/h4-8H,3,9H2,1-2H3,(H,13,14)/t12-/m0/s1. The molecule has 0 aliphatic rings. The van der Waals surface area contributed by atoms with Crippen molar-refractivity contribution in [2.75, 3.05) is 0 Å². The third kappa shape index (κ3) is 3.06. The van der Waals surface area contributed by atoms with E-state index in [2.05, 4.69) is 0 Å². The Morgan fingerprint density at radius 1 is 1.40 bits per heavy atom. The van der Waals surface area contributed by atoms with Crippen LogP contribution >= 0.6 is 0 Å². The Kier molecular flexibility index (Phi) is 3.86. The third-order valence-electron chi connectivity index (χ3n) is 2.53. The summed E-state index contributed by atoms with van der Waals surface area (Å²) in [4.78, 5) is 10.9. The fourth-order valence-electron chi connectivity index (χ4n) is 1.13. The van der Waals surface area contributed by atoms with Gasteiger partial charge in [0.05, 0.1) is 6.61 Å². The molecule has 0 bridgehead atoms. The van der Waals surface area contributed by atoms with Crippen molar-refractivity contribution in [1.29, 1.82) is 0 Å². The first-order chi connectivity index (χ1) is 7.08. The Morgan fingerprint density at radius 2 is 2.00 bits per heavy atom. The smallest absolute Gasteiger partial charge is 0.335 e. The molecule has 1 rings (SSSR count). The molecule has 1 atom stereocenters. The van der Waals surface area contributed by atoms with E-state index >= 15 is 0 Å². The van der Waals surface area contributed by atoms with Gasteiger partial charge in [-0.05, 0) is 18.9 Å². The lowest BCUT2D eigenvalue weighted by Crippen LogP contribution is -2.37. The van der Waals surface area contributed by atoms with Gasteiger partial charge >= 0.3 is 5.97 Å². The van der Waals surface area contributed by atoms with Crippen molar-refractivity contribution in [3.8, 4) is 0 Å². The highest BCUT2D eigenvalue weighted by atomic mass is 16.5. The minimum Gasteiger partial charge on any atom is -0.479 e. The molecule has 15 heavy (non-hydrogen) atoms. The molecule has 0 heterocycles. The first-order valence-electron chi connectivity index (χ1n) is 5.00. The summed E-state index contributed by atoms with van der Waals surface area (Å²) in [6.07, 6.45) is 0.454. The predicted molar refractivity (Wildman–Crippen MR) is 57.6 cm³/mol. The quantitative estimate of drug-likeness (QED) is 0.808. The molecular formula is C12H16O3. The molecule has 0 saturated carbocycles. The monoisotopic (exact) mass is 208 g/mol. The fourth-order valence-corrected chi connectivity index (χ4v) is 1.13. The van der Waals surface area contributed by atoms with E-state index in [1.54, 1.807) is 13.8 Å². The SMILES string of the molecule is CC[C@](C)(OCc1ccccc1)C(=O)O. The Labute approximate surface area is 89.7 Å². The minimum absolute atomic E-state index is 0.331. The van der Waals surface area contributed by atoms with Crippen molar-refractivity contribution in [2.45, 2.75) is 32.5 Å². The van der Waals surface area contributed by atoms with E-state index in [0.29, 0.717) is 13.0 Å². The number of benzene rings is 1. The molecule has 3 heteroatoms. The van der Waals surface area contributed by atoms with Gasteiger partial charge in [0.2, 0.25) is 0 Å². The van der Waals surface area contributed by atoms with Gasteiger partial charge in [-0.15, -0.1) is 0 Å². The van der Waals surface area contributed by atoms with Gasteiger partial charge in [0.15, 0.2) is 5.60 Å². The highest BCUT2D eigenvalue weighted by Crippen LogP contribution is 2.17. The van der Waals surface area contributed by atoms with E-state index in [-0.39, 0.29) is 0 Å². The van der Waals surface area contributed by atoms with Gasteiger partial charge < -0.3 is 9.84 Å². The first kappa shape index (κ1) is 11.7. The average Bonchev–Trinajstić information content (AvgIpc) is 2.27. The van der Waals surface area contributed by atoms with E-state index in [0.717, 1.165) is 5.56 Å². The second-order valence-corrected chi connectivity index (χ2v) is 3.66. The van der Waals surface area contributed by atoms with Gasteiger partial charge in [-0.1, -0.05) is 37.3 Å². The number of hydrogen-bond acceptors (Lipinski definition) is 2. The number of aliphatic carboxylic acids is 1. The highest BCUT2D eigenvalue weighted by molar-refractivity contribution is 5.76. The van der Waals surface area contributed by atoms with Crippen LogP contribution in [0.5, 0.6) is 0 Å². The van der Waals surface area contributed by atoms with Gasteiger partial charge in [-0.3, -0.25) is 0 Å². The number of carbonyl (C=O) groups is 1. The maximum absolute atomic E-state index is 10.9. The van der Waals surface area contributed by atoms with Gasteiger partial charge in [-0.25, -0.2) is 4.79 Å². The van der Waals surface area contributed by atoms with Crippen molar-refractivity contribution in [2.24, 2.45) is 0 Å². The molecule has 0 aliphatic heterocycles. The maximum atomic E-state index is 10.9. The molecule has 3 nitrogen and oxygen atoms in total. The number of hydrogen-bond donors (Lipinski definition) is 1. The lowest BCUT2D eigenvalue weighted by molar-refractivity contribution is -0.165. The normalized spacial score (nSPS) is 14.5. The number of rotatable bonds is 5. The van der Waals surface area contributed by atoms with Crippen molar-refractivity contribution < 1.29 is 14.6 Å². The third-order valence-corrected chi connectivity index (χ3v) is 2.53. The lowest BCUT2D eigenvalue weighted by atomic mass is 10.0. The summed E-state index contributed by atoms with van der Waals surface area (Å²) in [6.45, 7) is 3.73. The number of carboxylic acid groups (broad SMARTS) is 1. The summed E-state index contributed by atoms with van der Waals surface area (Å²) in [6, 6.07) is 9.56. The molecule has 0 saturated heterocycles. The highest BCUT2D eigenvalue weighted by Gasteiger charge is 2.31.